The molecular weight excluding hydrogens is 368 g/mol. The van der Waals surface area contributed by atoms with Crippen molar-refractivity contribution in [2.45, 2.75) is 45.7 Å². The second-order valence-electron chi connectivity index (χ2n) is 7.92. The molecule has 2 N–H and O–H groups in total. The van der Waals surface area contributed by atoms with Crippen molar-refractivity contribution in [2.75, 3.05) is 14.2 Å². The predicted octanol–water partition coefficient (Wildman–Crippen LogP) is 3.44. The molecule has 0 heterocycles. The first-order chi connectivity index (χ1) is 13.7. The average Bonchev–Trinajstić information content (AvgIpc) is 2.70. The molecule has 0 fully saturated rings. The number of nitrogens with one attached hydrogen (secondary N) is 2. The van der Waals surface area contributed by atoms with E-state index >= 15 is 0 Å². The number of ether oxygens (including phenoxy) is 2. The van der Waals surface area contributed by atoms with Gasteiger partial charge in [-0.05, 0) is 48.2 Å². The van der Waals surface area contributed by atoms with E-state index in [2.05, 4.69) is 31.4 Å². The van der Waals surface area contributed by atoms with Gasteiger partial charge in [0.1, 0.15) is 17.5 Å². The van der Waals surface area contributed by atoms with Gasteiger partial charge in [-0.3, -0.25) is 9.59 Å². The molecule has 1 unspecified atom stereocenters. The van der Waals surface area contributed by atoms with Gasteiger partial charge in [0.2, 0.25) is 5.91 Å². The molecule has 1 atom stereocenters. The minimum Gasteiger partial charge on any atom is -0.497 e. The standard InChI is InChI=1S/C23H30N2O4/c1-15(25-22(27)16-7-9-18(10-8-16)23(2,3)4)21(26)24-14-17-13-19(28-5)11-12-20(17)29-6/h7-13,15H,14H2,1-6H3,(H,24,26)(H,25,27). The predicted molar refractivity (Wildman–Crippen MR) is 113 cm³/mol. The maximum Gasteiger partial charge on any atom is 0.251 e. The maximum atomic E-state index is 12.5. The average molecular weight is 399 g/mol. The maximum absolute atomic E-state index is 12.5. The van der Waals surface area contributed by atoms with E-state index in [1.54, 1.807) is 51.5 Å². The summed E-state index contributed by atoms with van der Waals surface area (Å²) in [4.78, 5) is 24.9. The summed E-state index contributed by atoms with van der Waals surface area (Å²) in [6.45, 7) is 8.27. The zero-order chi connectivity index (χ0) is 21.6. The highest BCUT2D eigenvalue weighted by Crippen LogP contribution is 2.24. The SMILES string of the molecule is COc1ccc(OC)c(CNC(=O)C(C)NC(=O)c2ccc(C(C)(C)C)cc2)c1. The summed E-state index contributed by atoms with van der Waals surface area (Å²) < 4.78 is 10.5. The second kappa shape index (κ2) is 9.45. The highest BCUT2D eigenvalue weighted by atomic mass is 16.5. The summed E-state index contributed by atoms with van der Waals surface area (Å²) in [5.41, 5.74) is 2.47. The van der Waals surface area contributed by atoms with Gasteiger partial charge in [0, 0.05) is 17.7 Å². The molecule has 2 aromatic rings. The smallest absolute Gasteiger partial charge is 0.251 e. The van der Waals surface area contributed by atoms with Crippen molar-refractivity contribution < 1.29 is 19.1 Å². The first kappa shape index (κ1) is 22.3. The third kappa shape index (κ3) is 5.98. The van der Waals surface area contributed by atoms with Gasteiger partial charge in [0.05, 0.1) is 14.2 Å². The van der Waals surface area contributed by atoms with E-state index in [1.165, 1.54) is 0 Å². The molecule has 0 radical (unpaired) electrons. The molecule has 0 aliphatic heterocycles. The van der Waals surface area contributed by atoms with Crippen LogP contribution in [0.4, 0.5) is 0 Å². The van der Waals surface area contributed by atoms with Crippen LogP contribution in [0.3, 0.4) is 0 Å². The van der Waals surface area contributed by atoms with E-state index in [0.29, 0.717) is 17.1 Å². The van der Waals surface area contributed by atoms with Crippen LogP contribution in [-0.2, 0) is 16.8 Å². The van der Waals surface area contributed by atoms with E-state index in [4.69, 9.17) is 9.47 Å². The Morgan fingerprint density at radius 3 is 2.21 bits per heavy atom. The zero-order valence-corrected chi connectivity index (χ0v) is 18.0. The van der Waals surface area contributed by atoms with Crippen LogP contribution < -0.4 is 20.1 Å². The largest absolute Gasteiger partial charge is 0.497 e. The topological polar surface area (TPSA) is 76.7 Å². The molecule has 0 saturated heterocycles. The number of carbonyl (C=O) groups excluding carboxylic acids is 2. The normalized spacial score (nSPS) is 12.1. The Labute approximate surface area is 172 Å². The van der Waals surface area contributed by atoms with E-state index in [1.807, 2.05) is 12.1 Å². The summed E-state index contributed by atoms with van der Waals surface area (Å²) in [6.07, 6.45) is 0. The van der Waals surface area contributed by atoms with Crippen molar-refractivity contribution in [1.29, 1.82) is 0 Å². The van der Waals surface area contributed by atoms with Gasteiger partial charge in [-0.25, -0.2) is 0 Å². The van der Waals surface area contributed by atoms with Crippen LogP contribution in [-0.4, -0.2) is 32.1 Å². The van der Waals surface area contributed by atoms with Crippen molar-refractivity contribution in [1.82, 2.24) is 10.6 Å². The Morgan fingerprint density at radius 2 is 1.66 bits per heavy atom. The molecule has 0 aromatic heterocycles. The third-order valence-corrected chi connectivity index (χ3v) is 4.69. The van der Waals surface area contributed by atoms with Gasteiger partial charge in [0.15, 0.2) is 0 Å². The molecular formula is C23H30N2O4. The first-order valence-corrected chi connectivity index (χ1v) is 9.55. The lowest BCUT2D eigenvalue weighted by Gasteiger charge is -2.19. The zero-order valence-electron chi connectivity index (χ0n) is 18.0. The number of amides is 2. The lowest BCUT2D eigenvalue weighted by molar-refractivity contribution is -0.122. The quantitative estimate of drug-likeness (QED) is 0.749. The van der Waals surface area contributed by atoms with Crippen LogP contribution in [0.1, 0.15) is 49.2 Å². The van der Waals surface area contributed by atoms with E-state index in [0.717, 1.165) is 11.1 Å². The minimum absolute atomic E-state index is 0.0172. The number of hydrogen-bond acceptors (Lipinski definition) is 4. The van der Waals surface area contributed by atoms with Crippen molar-refractivity contribution in [2.24, 2.45) is 0 Å². The fraction of sp³-hybridized carbons (Fsp3) is 0.391. The summed E-state index contributed by atoms with van der Waals surface area (Å²) >= 11 is 0. The Hall–Kier alpha value is -3.02. The van der Waals surface area contributed by atoms with Gasteiger partial charge in [-0.2, -0.15) is 0 Å². The van der Waals surface area contributed by atoms with Crippen LogP contribution in [0.15, 0.2) is 42.5 Å². The third-order valence-electron chi connectivity index (χ3n) is 4.69. The number of carbonyl (C=O) groups is 2. The molecule has 0 aliphatic carbocycles. The Kier molecular flexibility index (Phi) is 7.26. The fourth-order valence-electron chi connectivity index (χ4n) is 2.82. The van der Waals surface area contributed by atoms with Crippen molar-refractivity contribution in [3.8, 4) is 11.5 Å². The van der Waals surface area contributed by atoms with Crippen LogP contribution in [0.25, 0.3) is 0 Å². The van der Waals surface area contributed by atoms with Crippen LogP contribution in [0.2, 0.25) is 0 Å². The van der Waals surface area contributed by atoms with Gasteiger partial charge in [-0.15, -0.1) is 0 Å². The minimum atomic E-state index is -0.679. The molecule has 6 nitrogen and oxygen atoms in total. The second-order valence-corrected chi connectivity index (χ2v) is 7.92. The summed E-state index contributed by atoms with van der Waals surface area (Å²) in [5, 5.41) is 5.56. The van der Waals surface area contributed by atoms with E-state index in [9.17, 15) is 9.59 Å². The van der Waals surface area contributed by atoms with E-state index < -0.39 is 6.04 Å². The van der Waals surface area contributed by atoms with Gasteiger partial charge >= 0.3 is 0 Å². The summed E-state index contributed by atoms with van der Waals surface area (Å²) in [5.74, 6) is 0.762. The molecule has 0 aliphatic rings. The van der Waals surface area contributed by atoms with Crippen LogP contribution >= 0.6 is 0 Å². The lowest BCUT2D eigenvalue weighted by Crippen LogP contribution is -2.44. The highest BCUT2D eigenvalue weighted by Gasteiger charge is 2.18. The number of benzene rings is 2. The van der Waals surface area contributed by atoms with Crippen LogP contribution in [0, 0.1) is 0 Å². The summed E-state index contributed by atoms with van der Waals surface area (Å²) in [6, 6.07) is 12.1. The Bertz CT molecular complexity index is 854. The van der Waals surface area contributed by atoms with Gasteiger partial charge in [-0.1, -0.05) is 32.9 Å². The number of rotatable bonds is 7. The molecule has 0 bridgehead atoms. The molecule has 2 amide bonds. The van der Waals surface area contributed by atoms with Crippen molar-refractivity contribution in [3.05, 3.63) is 59.2 Å². The number of methoxy groups -OCH3 is 2. The highest BCUT2D eigenvalue weighted by molar-refractivity contribution is 5.97. The Morgan fingerprint density at radius 1 is 1.00 bits per heavy atom. The number of hydrogen-bond donors (Lipinski definition) is 2. The molecule has 2 aromatic carbocycles. The van der Waals surface area contributed by atoms with Crippen molar-refractivity contribution >= 4 is 11.8 Å². The first-order valence-electron chi connectivity index (χ1n) is 9.55. The van der Waals surface area contributed by atoms with Crippen LogP contribution in [0.5, 0.6) is 11.5 Å². The summed E-state index contributed by atoms with van der Waals surface area (Å²) in [7, 11) is 3.15. The molecule has 0 saturated carbocycles. The molecule has 156 valence electrons. The molecule has 29 heavy (non-hydrogen) atoms. The van der Waals surface area contributed by atoms with Gasteiger partial charge in [0.25, 0.3) is 5.91 Å². The Balaban J connectivity index is 1.96. The fourth-order valence-corrected chi connectivity index (χ4v) is 2.82. The van der Waals surface area contributed by atoms with Crippen molar-refractivity contribution in [3.63, 3.8) is 0 Å². The molecule has 2 rings (SSSR count). The van der Waals surface area contributed by atoms with Gasteiger partial charge < -0.3 is 20.1 Å². The van der Waals surface area contributed by atoms with E-state index in [-0.39, 0.29) is 23.8 Å². The molecule has 0 spiro atoms. The monoisotopic (exact) mass is 398 g/mol. The lowest BCUT2D eigenvalue weighted by atomic mass is 9.86. The molecule has 6 heteroatoms.